The van der Waals surface area contributed by atoms with Crippen LogP contribution in [0.25, 0.3) is 0 Å². The molecule has 9 heteroatoms. The fourth-order valence-corrected chi connectivity index (χ4v) is 3.84. The van der Waals surface area contributed by atoms with Crippen molar-refractivity contribution in [1.29, 1.82) is 0 Å². The van der Waals surface area contributed by atoms with Crippen molar-refractivity contribution >= 4 is 11.8 Å². The van der Waals surface area contributed by atoms with Gasteiger partial charge in [0.15, 0.2) is 5.78 Å². The second-order valence-corrected chi connectivity index (χ2v) is 7.69. The van der Waals surface area contributed by atoms with Crippen LogP contribution in [0.1, 0.15) is 40.0 Å². The van der Waals surface area contributed by atoms with Gasteiger partial charge in [-0.25, -0.2) is 0 Å². The highest BCUT2D eigenvalue weighted by molar-refractivity contribution is 5.95. The van der Waals surface area contributed by atoms with Crippen molar-refractivity contribution in [1.82, 2.24) is 0 Å². The molecule has 5 unspecified atom stereocenters. The van der Waals surface area contributed by atoms with Crippen molar-refractivity contribution in [2.45, 2.75) is 70.7 Å². The minimum atomic E-state index is -1.48. The van der Waals surface area contributed by atoms with Gasteiger partial charge >= 0.3 is 5.97 Å². The van der Waals surface area contributed by atoms with Crippen LogP contribution in [-0.2, 0) is 23.8 Å². The summed E-state index contributed by atoms with van der Waals surface area (Å²) in [7, 11) is 0. The van der Waals surface area contributed by atoms with Crippen LogP contribution in [0.5, 0.6) is 0 Å². The molecule has 170 valence electrons. The summed E-state index contributed by atoms with van der Waals surface area (Å²) in [6, 6.07) is 0. The van der Waals surface area contributed by atoms with Gasteiger partial charge in [0.05, 0.1) is 31.5 Å². The van der Waals surface area contributed by atoms with Crippen LogP contribution in [0.15, 0.2) is 23.5 Å². The average molecular weight is 428 g/mol. The Morgan fingerprint density at radius 1 is 1.23 bits per heavy atom. The average Bonchev–Trinajstić information content (AvgIpc) is 2.72. The van der Waals surface area contributed by atoms with Crippen LogP contribution in [0.2, 0.25) is 0 Å². The summed E-state index contributed by atoms with van der Waals surface area (Å²) in [5.41, 5.74) is 0.828. The van der Waals surface area contributed by atoms with Crippen molar-refractivity contribution in [3.05, 3.63) is 23.5 Å². The Bertz CT molecular complexity index is 669. The van der Waals surface area contributed by atoms with Crippen LogP contribution in [-0.4, -0.2) is 76.1 Å². The van der Waals surface area contributed by atoms with Gasteiger partial charge in [0, 0.05) is 29.6 Å². The third-order valence-corrected chi connectivity index (χ3v) is 5.58. The lowest BCUT2D eigenvalue weighted by molar-refractivity contribution is -0.218. The highest BCUT2D eigenvalue weighted by atomic mass is 16.7. The van der Waals surface area contributed by atoms with Crippen LogP contribution in [0.3, 0.4) is 0 Å². The molecule has 7 atom stereocenters. The van der Waals surface area contributed by atoms with Crippen molar-refractivity contribution in [3.63, 3.8) is 0 Å². The molecule has 30 heavy (non-hydrogen) atoms. The summed E-state index contributed by atoms with van der Waals surface area (Å²) < 4.78 is 16.6. The van der Waals surface area contributed by atoms with Crippen molar-refractivity contribution in [2.24, 2.45) is 11.8 Å². The molecule has 0 amide bonds. The van der Waals surface area contributed by atoms with E-state index in [1.165, 1.54) is 13.2 Å². The van der Waals surface area contributed by atoms with Gasteiger partial charge in [-0.2, -0.15) is 0 Å². The molecule has 4 N–H and O–H groups in total. The first-order chi connectivity index (χ1) is 14.2. The van der Waals surface area contributed by atoms with Crippen LogP contribution in [0, 0.1) is 11.8 Å². The van der Waals surface area contributed by atoms with E-state index in [0.717, 1.165) is 0 Å². The number of carbonyl (C=O) groups is 2. The quantitative estimate of drug-likeness (QED) is 0.315. The Balaban J connectivity index is 2.22. The van der Waals surface area contributed by atoms with Gasteiger partial charge in [-0.05, 0) is 26.7 Å². The zero-order valence-electron chi connectivity index (χ0n) is 17.6. The van der Waals surface area contributed by atoms with Gasteiger partial charge in [0.25, 0.3) is 0 Å². The second kappa shape index (κ2) is 11.0. The molecule has 2 aliphatic rings. The number of Topliss-reactive ketones (excluding diaryl/α,β-unsaturated/α-hetero) is 1. The Hall–Kier alpha value is -1.78. The molecule has 9 nitrogen and oxygen atoms in total. The smallest absolute Gasteiger partial charge is 0.306 e. The van der Waals surface area contributed by atoms with E-state index in [4.69, 9.17) is 14.2 Å². The predicted octanol–water partition coefficient (Wildman–Crippen LogP) is 0.201. The number of aliphatic hydroxyl groups is 4. The van der Waals surface area contributed by atoms with Crippen LogP contribution >= 0.6 is 0 Å². The molecule has 0 aromatic rings. The molecule has 1 fully saturated rings. The Kier molecular flexibility index (Phi) is 8.99. The molecule has 0 radical (unpaired) electrons. The van der Waals surface area contributed by atoms with Crippen molar-refractivity contribution < 1.29 is 44.2 Å². The van der Waals surface area contributed by atoms with E-state index in [1.807, 2.05) is 6.92 Å². The molecule has 0 spiro atoms. The number of esters is 1. The Morgan fingerprint density at radius 2 is 1.93 bits per heavy atom. The molecule has 1 saturated carbocycles. The summed E-state index contributed by atoms with van der Waals surface area (Å²) in [5.74, 6) is -1.99. The highest BCUT2D eigenvalue weighted by Crippen LogP contribution is 2.37. The number of rotatable bonds is 8. The van der Waals surface area contributed by atoms with E-state index >= 15 is 0 Å². The molecule has 0 aromatic heterocycles. The maximum atomic E-state index is 12.2. The first kappa shape index (κ1) is 24.5. The number of hydrogen-bond donors (Lipinski definition) is 4. The molecular weight excluding hydrogens is 396 g/mol. The fourth-order valence-electron chi connectivity index (χ4n) is 3.84. The van der Waals surface area contributed by atoms with Gasteiger partial charge in [0.2, 0.25) is 6.29 Å². The lowest BCUT2D eigenvalue weighted by Gasteiger charge is -2.42. The minimum absolute atomic E-state index is 0.0673. The summed E-state index contributed by atoms with van der Waals surface area (Å²) >= 11 is 0. The molecule has 1 aliphatic carbocycles. The second-order valence-electron chi connectivity index (χ2n) is 7.69. The summed E-state index contributed by atoms with van der Waals surface area (Å²) in [6.07, 6.45) is -2.45. The largest absolute Gasteiger partial charge is 0.468 e. The lowest BCUT2D eigenvalue weighted by Crippen LogP contribution is -2.56. The summed E-state index contributed by atoms with van der Waals surface area (Å²) in [4.78, 5) is 24.3. The molecule has 1 heterocycles. The van der Waals surface area contributed by atoms with Crippen LogP contribution in [0.4, 0.5) is 0 Å². The van der Waals surface area contributed by atoms with Gasteiger partial charge in [0.1, 0.15) is 12.2 Å². The monoisotopic (exact) mass is 428 g/mol. The third kappa shape index (κ3) is 5.47. The van der Waals surface area contributed by atoms with Gasteiger partial charge in [-0.3, -0.25) is 9.59 Å². The zero-order valence-corrected chi connectivity index (χ0v) is 17.6. The van der Waals surface area contributed by atoms with Crippen LogP contribution < -0.4 is 0 Å². The van der Waals surface area contributed by atoms with Crippen molar-refractivity contribution in [2.75, 3.05) is 13.2 Å². The fraction of sp³-hybridized carbons (Fsp3) is 0.714. The number of allylic oxidation sites excluding steroid dienone is 2. The van der Waals surface area contributed by atoms with Gasteiger partial charge in [-0.1, -0.05) is 13.0 Å². The maximum Gasteiger partial charge on any atom is 0.306 e. The SMILES string of the molecule is C/C=C1/[C@H](OC2CC(CO)C(O)C(O)C2O)OC=C(C(C)=O)[C@H]1CC(=O)OCCC. The number of carbonyl (C=O) groups excluding carboxylic acids is 2. The van der Waals surface area contributed by atoms with E-state index in [0.29, 0.717) is 17.6 Å². The summed E-state index contributed by atoms with van der Waals surface area (Å²) in [6.45, 7) is 4.87. The minimum Gasteiger partial charge on any atom is -0.468 e. The van der Waals surface area contributed by atoms with E-state index in [9.17, 15) is 30.0 Å². The molecule has 0 bridgehead atoms. The molecular formula is C21H32O9. The molecule has 0 aromatic carbocycles. The first-order valence-corrected chi connectivity index (χ1v) is 10.2. The maximum absolute atomic E-state index is 12.2. The normalized spacial score (nSPS) is 35.5. The number of ketones is 1. The zero-order chi connectivity index (χ0) is 22.4. The van der Waals surface area contributed by atoms with E-state index < -0.39 is 48.5 Å². The predicted molar refractivity (Wildman–Crippen MR) is 105 cm³/mol. The summed E-state index contributed by atoms with van der Waals surface area (Å²) in [5, 5.41) is 39.8. The number of ether oxygens (including phenoxy) is 3. The first-order valence-electron chi connectivity index (χ1n) is 10.2. The van der Waals surface area contributed by atoms with Gasteiger partial charge in [-0.15, -0.1) is 0 Å². The van der Waals surface area contributed by atoms with E-state index in [-0.39, 0.29) is 31.8 Å². The van der Waals surface area contributed by atoms with Gasteiger partial charge < -0.3 is 34.6 Å². The topological polar surface area (TPSA) is 143 Å². The molecule has 1 aliphatic heterocycles. The number of hydrogen-bond acceptors (Lipinski definition) is 9. The Labute approximate surface area is 175 Å². The molecule has 2 rings (SSSR count). The van der Waals surface area contributed by atoms with E-state index in [1.54, 1.807) is 13.0 Å². The standard InChI is InChI=1S/C21H32O9/c1-4-6-28-17(24)8-14-13(5-2)21(29-10-15(14)11(3)23)30-16-7-12(9-22)18(25)20(27)19(16)26/h5,10,12,14,16,18-22,25-27H,4,6-9H2,1-3H3/b13-5+/t12?,14-,16?,18?,19?,20?,21-/m0/s1. The lowest BCUT2D eigenvalue weighted by atomic mass is 9.80. The van der Waals surface area contributed by atoms with E-state index in [2.05, 4.69) is 0 Å². The highest BCUT2D eigenvalue weighted by Gasteiger charge is 2.45. The number of aliphatic hydroxyl groups excluding tert-OH is 4. The molecule has 0 saturated heterocycles. The Morgan fingerprint density at radius 3 is 2.50 bits per heavy atom. The van der Waals surface area contributed by atoms with Crippen molar-refractivity contribution in [3.8, 4) is 0 Å². The third-order valence-electron chi connectivity index (χ3n) is 5.58.